The van der Waals surface area contributed by atoms with Crippen LogP contribution in [0.3, 0.4) is 0 Å². The molecule has 0 fully saturated rings. The molecule has 204 valence electrons. The fourth-order valence-electron chi connectivity index (χ4n) is 2.87. The van der Waals surface area contributed by atoms with Gasteiger partial charge in [0, 0.05) is 61.2 Å². The Morgan fingerprint density at radius 2 is 1.23 bits per heavy atom. The molecule has 0 unspecified atom stereocenters. The molecule has 0 aliphatic carbocycles. The largest absolute Gasteiger partial charge is 0.508 e. The lowest BCUT2D eigenvalue weighted by Gasteiger charge is -2.24. The minimum absolute atomic E-state index is 0.124. The molecule has 1 rings (SSSR count). The summed E-state index contributed by atoms with van der Waals surface area (Å²) in [4.78, 5) is 11.7. The van der Waals surface area contributed by atoms with Crippen LogP contribution in [0.5, 0.6) is 5.75 Å². The van der Waals surface area contributed by atoms with Crippen LogP contribution in [0.1, 0.15) is 36.0 Å². The van der Waals surface area contributed by atoms with Crippen molar-refractivity contribution in [3.8, 4) is 5.75 Å². The molecular formula is C21H37F3O9Si2. The van der Waals surface area contributed by atoms with Crippen molar-refractivity contribution in [2.45, 2.75) is 43.9 Å². The number of rotatable bonds is 15. The van der Waals surface area contributed by atoms with Gasteiger partial charge in [-0.05, 0) is 37.1 Å². The van der Waals surface area contributed by atoms with Gasteiger partial charge in [0.25, 0.3) is 0 Å². The van der Waals surface area contributed by atoms with E-state index < -0.39 is 30.2 Å². The van der Waals surface area contributed by atoms with Crippen molar-refractivity contribution in [1.82, 2.24) is 0 Å². The van der Waals surface area contributed by atoms with E-state index in [2.05, 4.69) is 0 Å². The molecule has 1 aromatic rings. The zero-order valence-electron chi connectivity index (χ0n) is 21.1. The summed E-state index contributed by atoms with van der Waals surface area (Å²) in [6.45, 7) is 0.362. The number of carbonyl (C=O) groups excluding carboxylic acids is 1. The third-order valence-corrected chi connectivity index (χ3v) is 10.6. The molecule has 9 nitrogen and oxygen atoms in total. The van der Waals surface area contributed by atoms with Crippen molar-refractivity contribution in [3.63, 3.8) is 0 Å². The molecule has 1 aromatic carbocycles. The first-order chi connectivity index (χ1) is 16.5. The molecule has 0 bridgehead atoms. The molecule has 0 aliphatic rings. The van der Waals surface area contributed by atoms with Gasteiger partial charge in [0.2, 0.25) is 0 Å². The normalized spacial score (nSPS) is 12.1. The quantitative estimate of drug-likeness (QED) is 0.195. The maximum atomic E-state index is 11.9. The van der Waals surface area contributed by atoms with Crippen molar-refractivity contribution in [2.75, 3.05) is 49.3 Å². The number of aromatic hydroxyl groups is 1. The van der Waals surface area contributed by atoms with Crippen LogP contribution in [-0.4, -0.2) is 84.1 Å². The van der Waals surface area contributed by atoms with Gasteiger partial charge >= 0.3 is 29.8 Å². The second kappa shape index (κ2) is 17.0. The van der Waals surface area contributed by atoms with Gasteiger partial charge in [-0.2, -0.15) is 13.2 Å². The zero-order chi connectivity index (χ0) is 27.0. The zero-order valence-corrected chi connectivity index (χ0v) is 23.1. The van der Waals surface area contributed by atoms with E-state index in [1.165, 1.54) is 45.6 Å². The van der Waals surface area contributed by atoms with Crippen LogP contribution in [0.25, 0.3) is 0 Å². The molecule has 0 heterocycles. The molecule has 0 amide bonds. The van der Waals surface area contributed by atoms with Crippen LogP contribution in [0.15, 0.2) is 24.3 Å². The van der Waals surface area contributed by atoms with Gasteiger partial charge in [-0.1, -0.05) is 6.42 Å². The minimum Gasteiger partial charge on any atom is -0.508 e. The van der Waals surface area contributed by atoms with E-state index in [9.17, 15) is 18.0 Å². The Labute approximate surface area is 207 Å². The van der Waals surface area contributed by atoms with Crippen molar-refractivity contribution in [1.29, 1.82) is 0 Å². The van der Waals surface area contributed by atoms with Crippen LogP contribution in [0.2, 0.25) is 12.1 Å². The first kappa shape index (κ1) is 33.5. The average molecular weight is 547 g/mol. The van der Waals surface area contributed by atoms with Gasteiger partial charge < -0.3 is 36.4 Å². The van der Waals surface area contributed by atoms with Crippen LogP contribution < -0.4 is 0 Å². The Bertz CT molecular complexity index is 682. The SMILES string of the molecule is CO[Si](CCC(F)(F)F)(OC)OC.CO[Si](CCCCCOC(=O)c1ccc(O)cc1)(OC)OC. The smallest absolute Gasteiger partial charge is 0.500 e. The van der Waals surface area contributed by atoms with Crippen molar-refractivity contribution < 1.29 is 54.4 Å². The number of phenols is 1. The summed E-state index contributed by atoms with van der Waals surface area (Å²) < 4.78 is 71.2. The van der Waals surface area contributed by atoms with E-state index in [-0.39, 0.29) is 17.8 Å². The third kappa shape index (κ3) is 13.4. The summed E-state index contributed by atoms with van der Waals surface area (Å²) in [6.07, 6.45) is -2.60. The fraction of sp³-hybridized carbons (Fsp3) is 0.667. The van der Waals surface area contributed by atoms with Crippen LogP contribution >= 0.6 is 0 Å². The lowest BCUT2D eigenvalue weighted by molar-refractivity contribution is -0.132. The topological polar surface area (TPSA) is 102 Å². The third-order valence-electron chi connectivity index (χ3n) is 5.04. The Balaban J connectivity index is 0.000000761. The van der Waals surface area contributed by atoms with E-state index >= 15 is 0 Å². The summed E-state index contributed by atoms with van der Waals surface area (Å²) in [5.74, 6) is -0.256. The van der Waals surface area contributed by atoms with Crippen molar-refractivity contribution >= 4 is 23.6 Å². The molecule has 0 saturated carbocycles. The summed E-state index contributed by atoms with van der Waals surface area (Å²) in [5.41, 5.74) is 0.433. The molecule has 14 heteroatoms. The number of benzene rings is 1. The lowest BCUT2D eigenvalue weighted by Crippen LogP contribution is -2.43. The standard InChI is InChI=1S/C15H24O6Si.C6H13F3O3Si/c1-18-22(19-2,20-3)12-6-4-5-11-21-15(17)13-7-9-14(16)10-8-13;1-10-13(11-2,12-3)5-4-6(7,8)9/h7-10,16H,4-6,11-12H2,1-3H3;4-5H2,1-3H3. The molecular weight excluding hydrogens is 509 g/mol. The van der Waals surface area contributed by atoms with E-state index in [4.69, 9.17) is 36.4 Å². The maximum absolute atomic E-state index is 11.9. The lowest BCUT2D eigenvalue weighted by atomic mass is 10.2. The first-order valence-electron chi connectivity index (χ1n) is 10.8. The molecule has 0 radical (unpaired) electrons. The Morgan fingerprint density at radius 3 is 1.66 bits per heavy atom. The number of phenolic OH excluding ortho intramolecular Hbond substituents is 1. The molecule has 35 heavy (non-hydrogen) atoms. The molecule has 0 atom stereocenters. The number of halogens is 3. The predicted octanol–water partition coefficient (Wildman–Crippen LogP) is 4.41. The molecule has 0 aromatic heterocycles. The number of unbranched alkanes of at least 4 members (excludes halogenated alkanes) is 2. The predicted molar refractivity (Wildman–Crippen MR) is 126 cm³/mol. The van der Waals surface area contributed by atoms with E-state index in [1.807, 2.05) is 0 Å². The number of alkyl halides is 3. The average Bonchev–Trinajstić information content (AvgIpc) is 2.85. The Kier molecular flexibility index (Phi) is 16.3. The second-order valence-electron chi connectivity index (χ2n) is 7.20. The number of hydrogen-bond acceptors (Lipinski definition) is 9. The van der Waals surface area contributed by atoms with Gasteiger partial charge in [0.1, 0.15) is 5.75 Å². The highest BCUT2D eigenvalue weighted by Gasteiger charge is 2.42. The monoisotopic (exact) mass is 546 g/mol. The molecule has 1 N–H and O–H groups in total. The van der Waals surface area contributed by atoms with Crippen LogP contribution in [-0.2, 0) is 31.3 Å². The highest BCUT2D eigenvalue weighted by atomic mass is 28.4. The van der Waals surface area contributed by atoms with E-state index in [0.29, 0.717) is 12.2 Å². The number of carbonyl (C=O) groups is 1. The number of esters is 1. The summed E-state index contributed by atoms with van der Waals surface area (Å²) in [5, 5.41) is 9.16. The number of hydrogen-bond donors (Lipinski definition) is 1. The van der Waals surface area contributed by atoms with Crippen molar-refractivity contribution in [3.05, 3.63) is 29.8 Å². The Hall–Kier alpha value is -1.53. The summed E-state index contributed by atoms with van der Waals surface area (Å²) in [6, 6.07) is 6.48. The first-order valence-corrected chi connectivity index (χ1v) is 14.7. The molecule has 0 aliphatic heterocycles. The summed E-state index contributed by atoms with van der Waals surface area (Å²) >= 11 is 0. The summed E-state index contributed by atoms with van der Waals surface area (Å²) in [7, 11) is 3.11. The van der Waals surface area contributed by atoms with Crippen LogP contribution in [0, 0.1) is 0 Å². The fourth-order valence-corrected chi connectivity index (χ4v) is 6.37. The van der Waals surface area contributed by atoms with E-state index in [0.717, 1.165) is 25.3 Å². The highest BCUT2D eigenvalue weighted by Crippen LogP contribution is 2.26. The number of ether oxygens (including phenoxy) is 1. The molecule has 0 saturated heterocycles. The Morgan fingerprint density at radius 1 is 0.771 bits per heavy atom. The second-order valence-corrected chi connectivity index (χ2v) is 13.4. The van der Waals surface area contributed by atoms with Gasteiger partial charge in [-0.3, -0.25) is 0 Å². The van der Waals surface area contributed by atoms with Crippen LogP contribution in [0.4, 0.5) is 13.2 Å². The van der Waals surface area contributed by atoms with Gasteiger partial charge in [-0.25, -0.2) is 4.79 Å². The van der Waals surface area contributed by atoms with Gasteiger partial charge in [-0.15, -0.1) is 0 Å². The van der Waals surface area contributed by atoms with Gasteiger partial charge in [0.15, 0.2) is 0 Å². The van der Waals surface area contributed by atoms with E-state index in [1.54, 1.807) is 21.3 Å². The maximum Gasteiger partial charge on any atom is 0.500 e. The highest BCUT2D eigenvalue weighted by molar-refractivity contribution is 6.60. The molecule has 0 spiro atoms. The minimum atomic E-state index is -4.20. The van der Waals surface area contributed by atoms with Crippen molar-refractivity contribution in [2.24, 2.45) is 0 Å². The van der Waals surface area contributed by atoms with Gasteiger partial charge in [0.05, 0.1) is 12.2 Å².